The third kappa shape index (κ3) is 3.53. The molecule has 0 bridgehead atoms. The number of aromatic amines is 1. The minimum absolute atomic E-state index is 0.0790. The number of aromatic hydroxyl groups is 1. The third-order valence-electron chi connectivity index (χ3n) is 3.49. The molecule has 0 aliphatic heterocycles. The van der Waals surface area contributed by atoms with Crippen LogP contribution in [0.25, 0.3) is 0 Å². The quantitative estimate of drug-likeness (QED) is 0.762. The van der Waals surface area contributed by atoms with E-state index in [2.05, 4.69) is 11.9 Å². The van der Waals surface area contributed by atoms with Gasteiger partial charge in [0.05, 0.1) is 5.69 Å². The fourth-order valence-electron chi connectivity index (χ4n) is 2.34. The molecule has 0 spiro atoms. The van der Waals surface area contributed by atoms with E-state index in [1.54, 1.807) is 0 Å². The molecule has 0 aliphatic carbocycles. The van der Waals surface area contributed by atoms with Gasteiger partial charge in [0.15, 0.2) is 0 Å². The fraction of sp³-hybridized carbons (Fsp3) is 0.438. The van der Waals surface area contributed by atoms with Gasteiger partial charge in [0.25, 0.3) is 0 Å². The molecule has 108 valence electrons. The molecule has 1 aromatic carbocycles. The van der Waals surface area contributed by atoms with Crippen molar-refractivity contribution < 1.29 is 5.11 Å². The van der Waals surface area contributed by atoms with Crippen LogP contribution >= 0.6 is 0 Å². The highest BCUT2D eigenvalue weighted by Gasteiger charge is 2.12. The van der Waals surface area contributed by atoms with Crippen molar-refractivity contribution in [2.24, 2.45) is 0 Å². The van der Waals surface area contributed by atoms with E-state index < -0.39 is 0 Å². The van der Waals surface area contributed by atoms with Crippen LogP contribution in [0.4, 0.5) is 0 Å². The summed E-state index contributed by atoms with van der Waals surface area (Å²) < 4.78 is 1.44. The van der Waals surface area contributed by atoms with Crippen LogP contribution in [0.3, 0.4) is 0 Å². The molecule has 2 N–H and O–H groups in total. The van der Waals surface area contributed by atoms with Crippen molar-refractivity contribution >= 4 is 0 Å². The zero-order valence-electron chi connectivity index (χ0n) is 11.9. The molecule has 4 heteroatoms. The first-order valence-corrected chi connectivity index (χ1v) is 7.27. The number of hydrogen-bond donors (Lipinski definition) is 2. The smallest absolute Gasteiger partial charge is 0.328 e. The first-order valence-electron chi connectivity index (χ1n) is 7.27. The summed E-state index contributed by atoms with van der Waals surface area (Å²) in [5.41, 5.74) is 1.45. The van der Waals surface area contributed by atoms with Crippen molar-refractivity contribution in [2.75, 3.05) is 0 Å². The van der Waals surface area contributed by atoms with Crippen LogP contribution in [0.15, 0.2) is 35.1 Å². The van der Waals surface area contributed by atoms with E-state index in [9.17, 15) is 9.90 Å². The number of imidazole rings is 1. The second-order valence-corrected chi connectivity index (χ2v) is 5.11. The minimum Gasteiger partial charge on any atom is -0.493 e. The third-order valence-corrected chi connectivity index (χ3v) is 3.49. The minimum atomic E-state index is -0.218. The standard InChI is InChI=1S/C16H22N2O2/c1-2-3-4-8-11-18-15(19)14(17-16(18)20)12-13-9-6-5-7-10-13/h5-7,9-10,19H,2-4,8,11-12H2,1H3,(H,17,20). The molecule has 1 aromatic heterocycles. The van der Waals surface area contributed by atoms with Gasteiger partial charge < -0.3 is 10.1 Å². The van der Waals surface area contributed by atoms with Crippen LogP contribution in [0.1, 0.15) is 43.9 Å². The van der Waals surface area contributed by atoms with Crippen LogP contribution < -0.4 is 5.69 Å². The van der Waals surface area contributed by atoms with Gasteiger partial charge in [-0.3, -0.25) is 4.57 Å². The van der Waals surface area contributed by atoms with E-state index in [4.69, 9.17) is 0 Å². The number of aromatic nitrogens is 2. The van der Waals surface area contributed by atoms with Crippen molar-refractivity contribution in [3.05, 3.63) is 52.1 Å². The molecule has 0 fully saturated rings. The normalized spacial score (nSPS) is 10.8. The maximum atomic E-state index is 11.9. The van der Waals surface area contributed by atoms with Gasteiger partial charge in [-0.25, -0.2) is 4.79 Å². The van der Waals surface area contributed by atoms with Crippen molar-refractivity contribution in [1.29, 1.82) is 0 Å². The molecule has 0 amide bonds. The molecule has 2 aromatic rings. The number of rotatable bonds is 7. The highest BCUT2D eigenvalue weighted by atomic mass is 16.3. The number of nitrogens with zero attached hydrogens (tertiary/aromatic N) is 1. The predicted molar refractivity (Wildman–Crippen MR) is 80.1 cm³/mol. The van der Waals surface area contributed by atoms with Crippen molar-refractivity contribution in [3.63, 3.8) is 0 Å². The fourth-order valence-corrected chi connectivity index (χ4v) is 2.34. The Hall–Kier alpha value is -1.97. The zero-order chi connectivity index (χ0) is 14.4. The summed E-state index contributed by atoms with van der Waals surface area (Å²) in [7, 11) is 0. The Bertz CT molecular complexity index is 584. The Balaban J connectivity index is 2.06. The monoisotopic (exact) mass is 274 g/mol. The van der Waals surface area contributed by atoms with Gasteiger partial charge in [-0.15, -0.1) is 0 Å². The van der Waals surface area contributed by atoms with Crippen LogP contribution in [-0.2, 0) is 13.0 Å². The van der Waals surface area contributed by atoms with Gasteiger partial charge in [-0.05, 0) is 12.0 Å². The number of unbranched alkanes of at least 4 members (excludes halogenated alkanes) is 3. The molecular formula is C16H22N2O2. The Morgan fingerprint density at radius 1 is 1.15 bits per heavy atom. The zero-order valence-corrected chi connectivity index (χ0v) is 11.9. The van der Waals surface area contributed by atoms with Gasteiger partial charge >= 0.3 is 5.69 Å². The first kappa shape index (κ1) is 14.4. The maximum Gasteiger partial charge on any atom is 0.328 e. The molecule has 2 rings (SSSR count). The molecule has 4 nitrogen and oxygen atoms in total. The first-order chi connectivity index (χ1) is 9.72. The van der Waals surface area contributed by atoms with Crippen molar-refractivity contribution in [1.82, 2.24) is 9.55 Å². The SMILES string of the molecule is CCCCCCn1c(O)c(Cc2ccccc2)[nH]c1=O. The lowest BCUT2D eigenvalue weighted by Crippen LogP contribution is -2.16. The Morgan fingerprint density at radius 2 is 1.90 bits per heavy atom. The van der Waals surface area contributed by atoms with E-state index in [0.717, 1.165) is 31.2 Å². The highest BCUT2D eigenvalue weighted by Crippen LogP contribution is 2.17. The van der Waals surface area contributed by atoms with E-state index in [-0.39, 0.29) is 11.6 Å². The average molecular weight is 274 g/mol. The Morgan fingerprint density at radius 3 is 2.60 bits per heavy atom. The number of nitrogens with one attached hydrogen (secondary N) is 1. The Kier molecular flexibility index (Phi) is 5.04. The average Bonchev–Trinajstić information content (AvgIpc) is 2.72. The summed E-state index contributed by atoms with van der Waals surface area (Å²) in [6, 6.07) is 9.82. The summed E-state index contributed by atoms with van der Waals surface area (Å²) in [4.78, 5) is 14.6. The highest BCUT2D eigenvalue weighted by molar-refractivity contribution is 5.27. The maximum absolute atomic E-state index is 11.9. The summed E-state index contributed by atoms with van der Waals surface area (Å²) in [6.07, 6.45) is 4.87. The van der Waals surface area contributed by atoms with E-state index in [0.29, 0.717) is 18.7 Å². The van der Waals surface area contributed by atoms with E-state index in [1.807, 2.05) is 30.3 Å². The molecule has 0 unspecified atom stereocenters. The van der Waals surface area contributed by atoms with Gasteiger partial charge in [-0.2, -0.15) is 0 Å². The lowest BCUT2D eigenvalue weighted by molar-refractivity contribution is 0.402. The topological polar surface area (TPSA) is 58.0 Å². The Labute approximate surface area is 119 Å². The molecular weight excluding hydrogens is 252 g/mol. The summed E-state index contributed by atoms with van der Waals surface area (Å²) in [5.74, 6) is 0.0790. The second-order valence-electron chi connectivity index (χ2n) is 5.11. The molecule has 0 saturated heterocycles. The van der Waals surface area contributed by atoms with Gasteiger partial charge in [0, 0.05) is 13.0 Å². The molecule has 0 radical (unpaired) electrons. The van der Waals surface area contributed by atoms with Gasteiger partial charge in [-0.1, -0.05) is 56.5 Å². The lowest BCUT2D eigenvalue weighted by Gasteiger charge is -2.04. The molecule has 1 heterocycles. The van der Waals surface area contributed by atoms with Gasteiger partial charge in [0.2, 0.25) is 5.88 Å². The summed E-state index contributed by atoms with van der Waals surface area (Å²) in [5, 5.41) is 10.2. The summed E-state index contributed by atoms with van der Waals surface area (Å²) >= 11 is 0. The molecule has 0 atom stereocenters. The van der Waals surface area contributed by atoms with Crippen LogP contribution in [-0.4, -0.2) is 14.7 Å². The van der Waals surface area contributed by atoms with E-state index >= 15 is 0 Å². The predicted octanol–water partition coefficient (Wildman–Crippen LogP) is 3.05. The molecule has 20 heavy (non-hydrogen) atoms. The molecule has 0 saturated carbocycles. The number of hydrogen-bond acceptors (Lipinski definition) is 2. The van der Waals surface area contributed by atoms with Crippen molar-refractivity contribution in [2.45, 2.75) is 45.6 Å². The summed E-state index contributed by atoms with van der Waals surface area (Å²) in [6.45, 7) is 2.73. The molecule has 0 aliphatic rings. The van der Waals surface area contributed by atoms with Gasteiger partial charge in [0.1, 0.15) is 0 Å². The lowest BCUT2D eigenvalue weighted by atomic mass is 10.1. The van der Waals surface area contributed by atoms with Crippen LogP contribution in [0.2, 0.25) is 0 Å². The number of benzene rings is 1. The largest absolute Gasteiger partial charge is 0.493 e. The van der Waals surface area contributed by atoms with E-state index in [1.165, 1.54) is 4.57 Å². The van der Waals surface area contributed by atoms with Crippen molar-refractivity contribution in [3.8, 4) is 5.88 Å². The van der Waals surface area contributed by atoms with Crippen LogP contribution in [0, 0.1) is 0 Å². The van der Waals surface area contributed by atoms with Crippen LogP contribution in [0.5, 0.6) is 5.88 Å². The number of H-pyrrole nitrogens is 1. The second kappa shape index (κ2) is 6.98.